The summed E-state index contributed by atoms with van der Waals surface area (Å²) in [6, 6.07) is 14.4. The normalized spacial score (nSPS) is 26.3. The van der Waals surface area contributed by atoms with Crippen molar-refractivity contribution >= 4 is 40.7 Å². The summed E-state index contributed by atoms with van der Waals surface area (Å²) in [4.78, 5) is 26.4. The third-order valence-electron chi connectivity index (χ3n) is 4.32. The largest absolute Gasteiger partial charge is 0.274 e. The Morgan fingerprint density at radius 1 is 0.773 bits per heavy atom. The number of halogens is 2. The summed E-state index contributed by atoms with van der Waals surface area (Å²) in [5, 5.41) is 0.812. The molecule has 1 heterocycles. The second kappa shape index (κ2) is 4.83. The monoisotopic (exact) mass is 331 g/mol. The molecule has 2 fully saturated rings. The molecule has 0 bridgehead atoms. The van der Waals surface area contributed by atoms with Gasteiger partial charge in [-0.2, -0.15) is 0 Å². The van der Waals surface area contributed by atoms with Crippen molar-refractivity contribution < 1.29 is 9.59 Å². The fraction of sp³-hybridized carbons (Fsp3) is 0.176. The molecular weight excluding hydrogens is 321 g/mol. The molecule has 0 spiro atoms. The molecule has 3 nitrogen and oxygen atoms in total. The Kier molecular flexibility index (Phi) is 3.03. The first-order valence-electron chi connectivity index (χ1n) is 6.97. The van der Waals surface area contributed by atoms with Crippen molar-refractivity contribution in [3.05, 3.63) is 64.1 Å². The lowest BCUT2D eigenvalue weighted by molar-refractivity contribution is -0.123. The van der Waals surface area contributed by atoms with Crippen molar-refractivity contribution in [2.75, 3.05) is 4.90 Å². The van der Waals surface area contributed by atoms with Gasteiger partial charge in [-0.15, -0.1) is 0 Å². The molecule has 22 heavy (non-hydrogen) atoms. The summed E-state index contributed by atoms with van der Waals surface area (Å²) >= 11 is 11.9. The average Bonchev–Trinajstić information content (AvgIpc) is 3.16. The lowest BCUT2D eigenvalue weighted by Gasteiger charge is -2.19. The number of hydrogen-bond acceptors (Lipinski definition) is 2. The van der Waals surface area contributed by atoms with Crippen LogP contribution in [0.3, 0.4) is 0 Å². The molecule has 0 radical (unpaired) electrons. The average molecular weight is 332 g/mol. The number of rotatable bonds is 2. The molecule has 1 saturated carbocycles. The highest BCUT2D eigenvalue weighted by Gasteiger charge is 2.67. The number of hydrogen-bond donors (Lipinski definition) is 0. The van der Waals surface area contributed by atoms with E-state index < -0.39 is 0 Å². The van der Waals surface area contributed by atoms with E-state index in [9.17, 15) is 9.59 Å². The van der Waals surface area contributed by atoms with E-state index in [-0.39, 0.29) is 29.6 Å². The minimum atomic E-state index is -0.257. The van der Waals surface area contributed by atoms with Crippen LogP contribution in [0, 0.1) is 11.8 Å². The molecule has 110 valence electrons. The van der Waals surface area contributed by atoms with E-state index in [4.69, 9.17) is 23.2 Å². The highest BCUT2D eigenvalue weighted by Crippen LogP contribution is 2.60. The summed E-state index contributed by atoms with van der Waals surface area (Å²) in [5.74, 6) is -0.836. The molecule has 1 saturated heterocycles. The lowest BCUT2D eigenvalue weighted by Crippen LogP contribution is -2.34. The van der Waals surface area contributed by atoms with Crippen molar-refractivity contribution in [2.45, 2.75) is 5.92 Å². The van der Waals surface area contributed by atoms with Crippen molar-refractivity contribution in [1.82, 2.24) is 0 Å². The number of piperidine rings is 1. The Balaban J connectivity index is 1.66. The van der Waals surface area contributed by atoms with Crippen LogP contribution in [0.25, 0.3) is 0 Å². The summed E-state index contributed by atoms with van der Waals surface area (Å²) in [6.07, 6.45) is 0. The van der Waals surface area contributed by atoms with Crippen LogP contribution < -0.4 is 4.90 Å². The Labute approximate surface area is 137 Å². The molecule has 2 aromatic carbocycles. The quantitative estimate of drug-likeness (QED) is 0.782. The maximum atomic E-state index is 12.6. The fourth-order valence-electron chi connectivity index (χ4n) is 3.34. The van der Waals surface area contributed by atoms with Gasteiger partial charge in [-0.05, 0) is 23.8 Å². The van der Waals surface area contributed by atoms with Gasteiger partial charge in [0.05, 0.1) is 17.5 Å². The molecule has 2 aliphatic rings. The van der Waals surface area contributed by atoms with Gasteiger partial charge in [0.25, 0.3) is 0 Å². The van der Waals surface area contributed by atoms with E-state index in [0.717, 1.165) is 5.56 Å². The van der Waals surface area contributed by atoms with Gasteiger partial charge in [-0.3, -0.25) is 9.59 Å². The predicted molar refractivity (Wildman–Crippen MR) is 85.1 cm³/mol. The fourth-order valence-corrected chi connectivity index (χ4v) is 3.86. The molecule has 2 amide bonds. The van der Waals surface area contributed by atoms with E-state index in [2.05, 4.69) is 0 Å². The third kappa shape index (κ3) is 1.97. The van der Waals surface area contributed by atoms with Gasteiger partial charge < -0.3 is 0 Å². The van der Waals surface area contributed by atoms with E-state index >= 15 is 0 Å². The van der Waals surface area contributed by atoms with Crippen molar-refractivity contribution in [1.29, 1.82) is 0 Å². The Bertz CT molecular complexity index is 748. The number of benzene rings is 2. The predicted octanol–water partition coefficient (Wildman–Crippen LogP) is 3.90. The van der Waals surface area contributed by atoms with Crippen LogP contribution >= 0.6 is 23.2 Å². The van der Waals surface area contributed by atoms with Gasteiger partial charge in [0, 0.05) is 16.0 Å². The number of carbonyl (C=O) groups is 2. The smallest absolute Gasteiger partial charge is 0.238 e. The molecule has 0 N–H and O–H groups in total. The molecule has 1 aliphatic carbocycles. The van der Waals surface area contributed by atoms with Crippen molar-refractivity contribution in [3.8, 4) is 0 Å². The van der Waals surface area contributed by atoms with Crippen LogP contribution in [0.1, 0.15) is 11.5 Å². The highest BCUT2D eigenvalue weighted by molar-refractivity contribution is 6.36. The Morgan fingerprint density at radius 3 is 1.86 bits per heavy atom. The lowest BCUT2D eigenvalue weighted by atomic mass is 10.1. The maximum Gasteiger partial charge on any atom is 0.238 e. The number of fused-ring (bicyclic) bond motifs is 1. The van der Waals surface area contributed by atoms with Gasteiger partial charge in [0.15, 0.2) is 0 Å². The van der Waals surface area contributed by atoms with E-state index in [0.29, 0.717) is 15.7 Å². The van der Waals surface area contributed by atoms with Crippen LogP contribution in [0.5, 0.6) is 0 Å². The van der Waals surface area contributed by atoms with E-state index in [1.807, 2.05) is 30.3 Å². The van der Waals surface area contributed by atoms with Gasteiger partial charge in [-0.1, -0.05) is 53.5 Å². The first-order chi connectivity index (χ1) is 10.6. The molecule has 2 aromatic rings. The molecule has 2 unspecified atom stereocenters. The molecular formula is C17H11Cl2NO2. The Morgan fingerprint density at radius 2 is 1.32 bits per heavy atom. The van der Waals surface area contributed by atoms with Gasteiger partial charge in [0.2, 0.25) is 11.8 Å². The summed E-state index contributed by atoms with van der Waals surface area (Å²) in [6.45, 7) is 0. The van der Waals surface area contributed by atoms with Crippen LogP contribution in [-0.2, 0) is 9.59 Å². The second-order valence-corrected chi connectivity index (χ2v) is 6.50. The first kappa shape index (κ1) is 13.8. The number of carbonyl (C=O) groups excluding carboxylic acids is 2. The number of amides is 2. The maximum absolute atomic E-state index is 12.6. The van der Waals surface area contributed by atoms with E-state index in [1.54, 1.807) is 18.2 Å². The minimum Gasteiger partial charge on any atom is -0.274 e. The molecule has 3 atom stereocenters. The van der Waals surface area contributed by atoms with Gasteiger partial charge >= 0.3 is 0 Å². The molecule has 5 heteroatoms. The van der Waals surface area contributed by atoms with Crippen molar-refractivity contribution in [2.24, 2.45) is 11.8 Å². The second-order valence-electron chi connectivity index (χ2n) is 5.63. The molecule has 1 aliphatic heterocycles. The topological polar surface area (TPSA) is 37.4 Å². The number of nitrogens with zero attached hydrogens (tertiary/aromatic N) is 1. The van der Waals surface area contributed by atoms with E-state index in [1.165, 1.54) is 4.90 Å². The SMILES string of the molecule is O=C1C2C(c3ccccc3)[C@H]2C(=O)N1c1cc(Cl)cc(Cl)c1. The van der Waals surface area contributed by atoms with Crippen LogP contribution in [0.4, 0.5) is 5.69 Å². The zero-order chi connectivity index (χ0) is 15.4. The zero-order valence-electron chi connectivity index (χ0n) is 11.4. The zero-order valence-corrected chi connectivity index (χ0v) is 12.9. The third-order valence-corrected chi connectivity index (χ3v) is 4.76. The standard InChI is InChI=1S/C17H11Cl2NO2/c18-10-6-11(19)8-12(7-10)20-16(21)14-13(15(14)17(20)22)9-4-2-1-3-5-9/h1-8,13-15H/t13?,14-,15?/m1/s1. The summed E-state index contributed by atoms with van der Waals surface area (Å²) in [5.41, 5.74) is 1.49. The van der Waals surface area contributed by atoms with Crippen LogP contribution in [0.15, 0.2) is 48.5 Å². The van der Waals surface area contributed by atoms with Crippen molar-refractivity contribution in [3.63, 3.8) is 0 Å². The van der Waals surface area contributed by atoms with Crippen LogP contribution in [-0.4, -0.2) is 11.8 Å². The number of imide groups is 1. The number of anilines is 1. The highest BCUT2D eigenvalue weighted by atomic mass is 35.5. The summed E-state index contributed by atoms with van der Waals surface area (Å²) in [7, 11) is 0. The van der Waals surface area contributed by atoms with Gasteiger partial charge in [-0.25, -0.2) is 4.90 Å². The molecule has 4 rings (SSSR count). The van der Waals surface area contributed by atoms with Crippen LogP contribution in [0.2, 0.25) is 10.0 Å². The minimum absolute atomic E-state index is 0.00658. The Hall–Kier alpha value is -1.84. The first-order valence-corrected chi connectivity index (χ1v) is 7.72. The summed E-state index contributed by atoms with van der Waals surface area (Å²) < 4.78 is 0. The van der Waals surface area contributed by atoms with Gasteiger partial charge in [0.1, 0.15) is 0 Å². The molecule has 0 aromatic heterocycles.